The van der Waals surface area contributed by atoms with Gasteiger partial charge < -0.3 is 10.6 Å². The van der Waals surface area contributed by atoms with Gasteiger partial charge in [0.2, 0.25) is 11.8 Å². The normalized spacial score (nSPS) is 19.0. The molecule has 1 aromatic carbocycles. The minimum absolute atomic E-state index is 0.0526. The molecule has 1 atom stereocenters. The third kappa shape index (κ3) is 3.72. The topological polar surface area (TPSA) is 63.4 Å². The van der Waals surface area contributed by atoms with E-state index in [-0.39, 0.29) is 11.1 Å². The number of nitrogens with two attached hydrogens (primary N) is 1. The highest BCUT2D eigenvalue weighted by Crippen LogP contribution is 2.34. The molecule has 0 aromatic heterocycles. The molecule has 4 nitrogen and oxygen atoms in total. The van der Waals surface area contributed by atoms with E-state index in [1.165, 1.54) is 30.0 Å². The molecule has 1 aromatic rings. The molecule has 0 spiro atoms. The molecule has 2 N–H and O–H groups in total. The van der Waals surface area contributed by atoms with Gasteiger partial charge in [-0.2, -0.15) is 13.2 Å². The summed E-state index contributed by atoms with van der Waals surface area (Å²) in [6, 6.07) is 4.38. The van der Waals surface area contributed by atoms with Crippen LogP contribution in [0, 0.1) is 0 Å². The van der Waals surface area contributed by atoms with Crippen molar-refractivity contribution >= 4 is 17.4 Å². The largest absolute Gasteiger partial charge is 0.416 e. The van der Waals surface area contributed by atoms with Crippen LogP contribution in [0.1, 0.15) is 30.9 Å². The number of amides is 2. The number of hydrogen-bond acceptors (Lipinski definition) is 2. The molecule has 1 aliphatic rings. The van der Waals surface area contributed by atoms with Crippen molar-refractivity contribution in [3.63, 3.8) is 0 Å². The van der Waals surface area contributed by atoms with E-state index in [1.54, 1.807) is 0 Å². The fourth-order valence-electron chi connectivity index (χ4n) is 2.75. The van der Waals surface area contributed by atoms with Crippen LogP contribution < -0.4 is 5.73 Å². The van der Waals surface area contributed by atoms with E-state index in [0.717, 1.165) is 12.1 Å². The smallest absolute Gasteiger partial charge is 0.368 e. The van der Waals surface area contributed by atoms with E-state index < -0.39 is 29.6 Å². The number of likely N-dealkylation sites (tertiary alicyclic amines) is 1. The molecular weight excluding hydrogens is 309 g/mol. The Labute approximate surface area is 131 Å². The average molecular weight is 326 g/mol. The highest BCUT2D eigenvalue weighted by atomic mass is 19.4. The molecule has 1 aliphatic heterocycles. The van der Waals surface area contributed by atoms with Crippen LogP contribution in [-0.4, -0.2) is 29.3 Å². The van der Waals surface area contributed by atoms with Gasteiger partial charge in [0.15, 0.2) is 0 Å². The molecule has 1 fully saturated rings. The zero-order valence-electron chi connectivity index (χ0n) is 12.6. The van der Waals surface area contributed by atoms with Gasteiger partial charge in [0.1, 0.15) is 6.04 Å². The highest BCUT2D eigenvalue weighted by molar-refractivity contribution is 5.98. The number of primary amides is 1. The summed E-state index contributed by atoms with van der Waals surface area (Å²) in [4.78, 5) is 24.9. The van der Waals surface area contributed by atoms with Crippen molar-refractivity contribution in [1.29, 1.82) is 0 Å². The lowest BCUT2D eigenvalue weighted by molar-refractivity contribution is -0.137. The highest BCUT2D eigenvalue weighted by Gasteiger charge is 2.34. The maximum Gasteiger partial charge on any atom is 0.416 e. The number of alkyl halides is 3. The lowest BCUT2D eigenvalue weighted by Crippen LogP contribution is -2.43. The number of benzene rings is 1. The Balaban J connectivity index is 2.30. The Kier molecular flexibility index (Phi) is 4.77. The Hall–Kier alpha value is -2.31. The van der Waals surface area contributed by atoms with Crippen molar-refractivity contribution in [2.45, 2.75) is 32.0 Å². The molecule has 0 radical (unpaired) electrons. The van der Waals surface area contributed by atoms with Crippen LogP contribution >= 0.6 is 0 Å². The van der Waals surface area contributed by atoms with Gasteiger partial charge in [0.05, 0.1) is 5.56 Å². The van der Waals surface area contributed by atoms with Crippen LogP contribution in [0.25, 0.3) is 5.57 Å². The van der Waals surface area contributed by atoms with Gasteiger partial charge in [-0.05, 0) is 37.0 Å². The Bertz CT molecular complexity index is 653. The molecule has 7 heteroatoms. The standard InChI is InChI=1S/C16H17F3N2O2/c1-10(11-5-2-3-6-12(11)16(17,18)19)9-14(22)21-8-4-7-13(21)15(20)23/h2-3,5-6,9,13H,4,7-8H2,1H3,(H2,20,23)/b10-9+. The number of carbonyl (C=O) groups is 2. The first-order valence-corrected chi connectivity index (χ1v) is 7.16. The summed E-state index contributed by atoms with van der Waals surface area (Å²) in [6.07, 6.45) is -2.25. The number of nitrogens with zero attached hydrogens (tertiary/aromatic N) is 1. The van der Waals surface area contributed by atoms with Crippen LogP contribution in [-0.2, 0) is 15.8 Å². The zero-order valence-corrected chi connectivity index (χ0v) is 12.6. The molecule has 1 saturated heterocycles. The molecule has 124 valence electrons. The molecule has 23 heavy (non-hydrogen) atoms. The van der Waals surface area contributed by atoms with E-state index in [1.807, 2.05) is 0 Å². The van der Waals surface area contributed by atoms with E-state index >= 15 is 0 Å². The first-order chi connectivity index (χ1) is 10.7. The van der Waals surface area contributed by atoms with Crippen molar-refractivity contribution in [2.24, 2.45) is 5.73 Å². The fourth-order valence-corrected chi connectivity index (χ4v) is 2.75. The van der Waals surface area contributed by atoms with Crippen molar-refractivity contribution in [2.75, 3.05) is 6.54 Å². The quantitative estimate of drug-likeness (QED) is 0.868. The lowest BCUT2D eigenvalue weighted by atomic mass is 10.00. The van der Waals surface area contributed by atoms with Crippen LogP contribution in [0.4, 0.5) is 13.2 Å². The molecule has 0 saturated carbocycles. The summed E-state index contributed by atoms with van der Waals surface area (Å²) in [7, 11) is 0. The second-order valence-corrected chi connectivity index (χ2v) is 5.46. The molecule has 0 aliphatic carbocycles. The van der Waals surface area contributed by atoms with Gasteiger partial charge in [-0.15, -0.1) is 0 Å². The lowest BCUT2D eigenvalue weighted by Gasteiger charge is -2.21. The SMILES string of the molecule is C/C(=C\C(=O)N1CCCC1C(N)=O)c1ccccc1C(F)(F)F. The first-order valence-electron chi connectivity index (χ1n) is 7.16. The number of carbonyl (C=O) groups excluding carboxylic acids is 2. The predicted molar refractivity (Wildman–Crippen MR) is 79.0 cm³/mol. The average Bonchev–Trinajstić information content (AvgIpc) is 2.96. The van der Waals surface area contributed by atoms with E-state index in [2.05, 4.69) is 0 Å². The van der Waals surface area contributed by atoms with Gasteiger partial charge in [0, 0.05) is 12.6 Å². The summed E-state index contributed by atoms with van der Waals surface area (Å²) in [6.45, 7) is 1.81. The number of allylic oxidation sites excluding steroid dienone is 1. The van der Waals surface area contributed by atoms with Gasteiger partial charge in [-0.25, -0.2) is 0 Å². The second kappa shape index (κ2) is 6.44. The summed E-state index contributed by atoms with van der Waals surface area (Å²) < 4.78 is 39.1. The van der Waals surface area contributed by atoms with Crippen LogP contribution in [0.3, 0.4) is 0 Å². The van der Waals surface area contributed by atoms with Crippen molar-refractivity contribution in [3.8, 4) is 0 Å². The second-order valence-electron chi connectivity index (χ2n) is 5.46. The van der Waals surface area contributed by atoms with Crippen LogP contribution in [0.15, 0.2) is 30.3 Å². The number of halogens is 3. The first kappa shape index (κ1) is 17.1. The van der Waals surface area contributed by atoms with Gasteiger partial charge >= 0.3 is 6.18 Å². The summed E-state index contributed by atoms with van der Waals surface area (Å²) >= 11 is 0. The fraction of sp³-hybridized carbons (Fsp3) is 0.375. The molecule has 1 unspecified atom stereocenters. The molecule has 1 heterocycles. The minimum Gasteiger partial charge on any atom is -0.368 e. The zero-order chi connectivity index (χ0) is 17.2. The maximum atomic E-state index is 13.0. The third-order valence-electron chi connectivity index (χ3n) is 3.86. The van der Waals surface area contributed by atoms with Crippen molar-refractivity contribution in [1.82, 2.24) is 4.90 Å². The molecule has 2 rings (SSSR count). The van der Waals surface area contributed by atoms with E-state index in [4.69, 9.17) is 5.73 Å². The van der Waals surface area contributed by atoms with Crippen molar-refractivity contribution in [3.05, 3.63) is 41.5 Å². The number of rotatable bonds is 3. The summed E-state index contributed by atoms with van der Waals surface area (Å²) in [5.41, 5.74) is 4.59. The Morgan fingerprint density at radius 3 is 2.57 bits per heavy atom. The van der Waals surface area contributed by atoms with Crippen LogP contribution in [0.5, 0.6) is 0 Å². The van der Waals surface area contributed by atoms with E-state index in [0.29, 0.717) is 19.4 Å². The van der Waals surface area contributed by atoms with Gasteiger partial charge in [0.25, 0.3) is 0 Å². The maximum absolute atomic E-state index is 13.0. The predicted octanol–water partition coefficient (Wildman–Crippen LogP) is 2.59. The number of hydrogen-bond donors (Lipinski definition) is 1. The van der Waals surface area contributed by atoms with Gasteiger partial charge in [-0.3, -0.25) is 9.59 Å². The molecular formula is C16H17F3N2O2. The van der Waals surface area contributed by atoms with E-state index in [9.17, 15) is 22.8 Å². The molecule has 0 bridgehead atoms. The Morgan fingerprint density at radius 2 is 1.96 bits per heavy atom. The van der Waals surface area contributed by atoms with Crippen LogP contribution in [0.2, 0.25) is 0 Å². The Morgan fingerprint density at radius 1 is 1.30 bits per heavy atom. The summed E-state index contributed by atoms with van der Waals surface area (Å²) in [5, 5.41) is 0. The third-order valence-corrected chi connectivity index (χ3v) is 3.86. The minimum atomic E-state index is -4.50. The molecule has 2 amide bonds. The summed E-state index contributed by atoms with van der Waals surface area (Å²) in [5.74, 6) is -1.10. The monoisotopic (exact) mass is 326 g/mol. The van der Waals surface area contributed by atoms with Crippen molar-refractivity contribution < 1.29 is 22.8 Å². The van der Waals surface area contributed by atoms with Gasteiger partial charge in [-0.1, -0.05) is 18.2 Å².